The number of hydrogen-bond acceptors (Lipinski definition) is 6. The summed E-state index contributed by atoms with van der Waals surface area (Å²) in [5.41, 5.74) is 7.97. The number of para-hydroxylation sites is 1. The van der Waals surface area contributed by atoms with Gasteiger partial charge in [0.05, 0.1) is 12.6 Å². The number of aliphatic hydroxyl groups is 1. The molecule has 0 saturated carbocycles. The van der Waals surface area contributed by atoms with Crippen LogP contribution < -0.4 is 21.7 Å². The van der Waals surface area contributed by atoms with Crippen molar-refractivity contribution in [1.82, 2.24) is 20.9 Å². The number of aliphatic carboxylic acids is 1. The van der Waals surface area contributed by atoms with Crippen molar-refractivity contribution < 1.29 is 29.4 Å². The van der Waals surface area contributed by atoms with Gasteiger partial charge in [-0.15, -0.1) is 0 Å². The summed E-state index contributed by atoms with van der Waals surface area (Å²) in [5.74, 6) is -3.90. The molecule has 0 bridgehead atoms. The van der Waals surface area contributed by atoms with Crippen LogP contribution in [0.3, 0.4) is 0 Å². The van der Waals surface area contributed by atoms with E-state index in [1.807, 2.05) is 31.2 Å². The lowest BCUT2D eigenvalue weighted by molar-refractivity contribution is -0.144. The summed E-state index contributed by atoms with van der Waals surface area (Å²) < 4.78 is 0. The first-order valence-corrected chi connectivity index (χ1v) is 12.6. The first-order valence-electron chi connectivity index (χ1n) is 12.6. The zero-order chi connectivity index (χ0) is 27.7. The van der Waals surface area contributed by atoms with Gasteiger partial charge >= 0.3 is 5.97 Å². The van der Waals surface area contributed by atoms with Crippen molar-refractivity contribution >= 4 is 34.6 Å². The second-order valence-electron chi connectivity index (χ2n) is 9.50. The summed E-state index contributed by atoms with van der Waals surface area (Å²) in [4.78, 5) is 53.4. The molecule has 11 heteroatoms. The van der Waals surface area contributed by atoms with Gasteiger partial charge in [0.25, 0.3) is 0 Å². The van der Waals surface area contributed by atoms with E-state index in [1.54, 1.807) is 27.0 Å². The summed E-state index contributed by atoms with van der Waals surface area (Å²) in [6, 6.07) is 3.14. The van der Waals surface area contributed by atoms with Gasteiger partial charge in [0.1, 0.15) is 18.1 Å². The molecule has 11 nitrogen and oxygen atoms in total. The van der Waals surface area contributed by atoms with Crippen molar-refractivity contribution in [2.75, 3.05) is 6.61 Å². The largest absolute Gasteiger partial charge is 0.480 e. The van der Waals surface area contributed by atoms with Crippen LogP contribution in [-0.2, 0) is 25.6 Å². The van der Waals surface area contributed by atoms with Crippen molar-refractivity contribution in [3.8, 4) is 0 Å². The van der Waals surface area contributed by atoms with Crippen molar-refractivity contribution in [3.63, 3.8) is 0 Å². The van der Waals surface area contributed by atoms with E-state index in [0.29, 0.717) is 12.8 Å². The lowest BCUT2D eigenvalue weighted by Crippen LogP contribution is -2.60. The SMILES string of the molecule is CCC(C)C(NC(=O)C(CO)NC(=O)C(NC(=O)C(N)Cc1c[nH]c2ccccc12)C(C)CC)C(=O)O. The summed E-state index contributed by atoms with van der Waals surface area (Å²) in [6.45, 7) is 6.35. The van der Waals surface area contributed by atoms with Crippen LogP contribution in [0.15, 0.2) is 30.5 Å². The summed E-state index contributed by atoms with van der Waals surface area (Å²) in [6.07, 6.45) is 3.10. The Kier molecular flexibility index (Phi) is 11.1. The number of aromatic amines is 1. The number of H-pyrrole nitrogens is 1. The molecule has 1 aromatic heterocycles. The summed E-state index contributed by atoms with van der Waals surface area (Å²) in [5, 5.41) is 27.6. The molecular formula is C26H39N5O6. The number of rotatable bonds is 14. The maximum absolute atomic E-state index is 13.1. The van der Waals surface area contributed by atoms with E-state index >= 15 is 0 Å². The molecule has 3 amide bonds. The molecular weight excluding hydrogens is 478 g/mol. The monoisotopic (exact) mass is 517 g/mol. The van der Waals surface area contributed by atoms with Crippen LogP contribution in [-0.4, -0.2) is 69.7 Å². The Hall–Kier alpha value is -3.44. The average Bonchev–Trinajstić information content (AvgIpc) is 3.29. The number of fused-ring (bicyclic) bond motifs is 1. The van der Waals surface area contributed by atoms with Gasteiger partial charge in [-0.25, -0.2) is 4.79 Å². The molecule has 2 aromatic rings. The second-order valence-corrected chi connectivity index (χ2v) is 9.50. The molecule has 204 valence electrons. The van der Waals surface area contributed by atoms with Gasteiger partial charge in [0, 0.05) is 17.1 Å². The van der Waals surface area contributed by atoms with Gasteiger partial charge in [-0.05, 0) is 29.9 Å². The number of nitrogens with one attached hydrogen (secondary N) is 4. The Morgan fingerprint density at radius 2 is 1.51 bits per heavy atom. The van der Waals surface area contributed by atoms with Crippen molar-refractivity contribution in [3.05, 3.63) is 36.0 Å². The molecule has 1 aromatic carbocycles. The van der Waals surface area contributed by atoms with E-state index in [0.717, 1.165) is 16.5 Å². The number of hydrogen-bond donors (Lipinski definition) is 7. The van der Waals surface area contributed by atoms with Gasteiger partial charge in [0.15, 0.2) is 0 Å². The first-order chi connectivity index (χ1) is 17.5. The van der Waals surface area contributed by atoms with E-state index in [1.165, 1.54) is 0 Å². The van der Waals surface area contributed by atoms with Crippen molar-refractivity contribution in [2.24, 2.45) is 17.6 Å². The highest BCUT2D eigenvalue weighted by atomic mass is 16.4. The molecule has 0 aliphatic carbocycles. The molecule has 37 heavy (non-hydrogen) atoms. The number of carboxylic acid groups (broad SMARTS) is 1. The maximum Gasteiger partial charge on any atom is 0.326 e. The zero-order valence-corrected chi connectivity index (χ0v) is 21.8. The molecule has 2 rings (SSSR count). The van der Waals surface area contributed by atoms with E-state index in [-0.39, 0.29) is 18.3 Å². The number of aliphatic hydroxyl groups excluding tert-OH is 1. The van der Waals surface area contributed by atoms with E-state index in [2.05, 4.69) is 20.9 Å². The Balaban J connectivity index is 2.09. The number of carbonyl (C=O) groups is 4. The molecule has 0 aliphatic heterocycles. The minimum atomic E-state index is -1.39. The standard InChI is InChI=1S/C26H39N5O6/c1-5-14(3)21(25(35)29-20(13-32)24(34)31-22(26(36)37)15(4)6-2)30-23(33)18(27)11-16-12-28-19-10-8-7-9-17(16)19/h7-10,12,14-15,18,20-22,28,32H,5-6,11,13,27H2,1-4H3,(H,29,35)(H,30,33)(H,31,34)(H,36,37). The highest BCUT2D eigenvalue weighted by Gasteiger charge is 2.33. The Morgan fingerprint density at radius 3 is 2.11 bits per heavy atom. The third-order valence-electron chi connectivity index (χ3n) is 6.84. The second kappa shape index (κ2) is 13.8. The molecule has 6 atom stereocenters. The number of carbonyl (C=O) groups excluding carboxylic acids is 3. The lowest BCUT2D eigenvalue weighted by atomic mass is 9.96. The molecule has 0 aliphatic rings. The van der Waals surface area contributed by atoms with Crippen molar-refractivity contribution in [1.29, 1.82) is 0 Å². The predicted molar refractivity (Wildman–Crippen MR) is 139 cm³/mol. The van der Waals surface area contributed by atoms with Gasteiger partial charge in [-0.3, -0.25) is 14.4 Å². The van der Waals surface area contributed by atoms with E-state index < -0.39 is 54.5 Å². The molecule has 0 saturated heterocycles. The van der Waals surface area contributed by atoms with Crippen LogP contribution in [0.2, 0.25) is 0 Å². The fraction of sp³-hybridized carbons (Fsp3) is 0.538. The fourth-order valence-corrected chi connectivity index (χ4v) is 3.98. The number of amides is 3. The number of benzene rings is 1. The van der Waals surface area contributed by atoms with Gasteiger partial charge < -0.3 is 36.9 Å². The minimum Gasteiger partial charge on any atom is -0.480 e. The number of carboxylic acids is 1. The topological polar surface area (TPSA) is 187 Å². The summed E-state index contributed by atoms with van der Waals surface area (Å²) in [7, 11) is 0. The molecule has 8 N–H and O–H groups in total. The minimum absolute atomic E-state index is 0.249. The van der Waals surface area contributed by atoms with Gasteiger partial charge in [0.2, 0.25) is 17.7 Å². The Bertz CT molecular complexity index is 1090. The van der Waals surface area contributed by atoms with Gasteiger partial charge in [-0.1, -0.05) is 58.7 Å². The van der Waals surface area contributed by atoms with Crippen LogP contribution in [0.1, 0.15) is 46.1 Å². The summed E-state index contributed by atoms with van der Waals surface area (Å²) >= 11 is 0. The Labute approximate surface area is 216 Å². The Morgan fingerprint density at radius 1 is 0.919 bits per heavy atom. The van der Waals surface area contributed by atoms with Gasteiger partial charge in [-0.2, -0.15) is 0 Å². The van der Waals surface area contributed by atoms with Crippen LogP contribution in [0.5, 0.6) is 0 Å². The average molecular weight is 518 g/mol. The normalized spacial score (nSPS) is 16.2. The molecule has 1 heterocycles. The van der Waals surface area contributed by atoms with Crippen LogP contribution in [0.25, 0.3) is 10.9 Å². The maximum atomic E-state index is 13.1. The predicted octanol–water partition coefficient (Wildman–Crippen LogP) is 0.661. The fourth-order valence-electron chi connectivity index (χ4n) is 3.98. The highest BCUT2D eigenvalue weighted by Crippen LogP contribution is 2.19. The van der Waals surface area contributed by atoms with Crippen molar-refractivity contribution in [2.45, 2.75) is 71.1 Å². The first kappa shape index (κ1) is 29.8. The van der Waals surface area contributed by atoms with Crippen LogP contribution in [0.4, 0.5) is 0 Å². The van der Waals surface area contributed by atoms with E-state index in [4.69, 9.17) is 5.73 Å². The number of nitrogens with two attached hydrogens (primary N) is 1. The van der Waals surface area contributed by atoms with Crippen LogP contribution >= 0.6 is 0 Å². The number of aromatic nitrogens is 1. The van der Waals surface area contributed by atoms with E-state index in [9.17, 15) is 29.4 Å². The van der Waals surface area contributed by atoms with Crippen LogP contribution in [0, 0.1) is 11.8 Å². The molecule has 0 spiro atoms. The zero-order valence-electron chi connectivity index (χ0n) is 21.8. The highest BCUT2D eigenvalue weighted by molar-refractivity contribution is 5.94. The quantitative estimate of drug-likeness (QED) is 0.192. The molecule has 6 unspecified atom stereocenters. The third-order valence-corrected chi connectivity index (χ3v) is 6.84. The molecule has 0 radical (unpaired) electrons. The lowest BCUT2D eigenvalue weighted by Gasteiger charge is -2.28. The third kappa shape index (κ3) is 7.77. The smallest absolute Gasteiger partial charge is 0.326 e. The molecule has 0 fully saturated rings.